The molecule has 0 aliphatic carbocycles. The van der Waals surface area contributed by atoms with E-state index in [4.69, 9.17) is 4.74 Å². The van der Waals surface area contributed by atoms with Crippen LogP contribution in [0.25, 0.3) is 0 Å². The van der Waals surface area contributed by atoms with E-state index in [0.717, 1.165) is 19.6 Å². The predicted octanol–water partition coefficient (Wildman–Crippen LogP) is 2.24. The van der Waals surface area contributed by atoms with E-state index in [9.17, 15) is 0 Å². The van der Waals surface area contributed by atoms with Crippen molar-refractivity contribution in [2.45, 2.75) is 20.3 Å². The van der Waals surface area contributed by atoms with Crippen LogP contribution in [0, 0.1) is 11.3 Å². The summed E-state index contributed by atoms with van der Waals surface area (Å²) >= 11 is 0. The van der Waals surface area contributed by atoms with Gasteiger partial charge in [0.1, 0.15) is 0 Å². The average Bonchev–Trinajstić information content (AvgIpc) is 2.35. The molecule has 1 nitrogen and oxygen atoms in total. The molecule has 1 fully saturated rings. The SMILES string of the molecule is C=CC1(C(C)C)CCOC1. The topological polar surface area (TPSA) is 9.23 Å². The Bertz CT molecular complexity index is 121. The molecule has 0 N–H and O–H groups in total. The zero-order chi connectivity index (χ0) is 7.61. The zero-order valence-corrected chi connectivity index (χ0v) is 6.89. The Hall–Kier alpha value is -0.300. The maximum absolute atomic E-state index is 5.34. The van der Waals surface area contributed by atoms with E-state index in [0.29, 0.717) is 5.92 Å². The van der Waals surface area contributed by atoms with Crippen molar-refractivity contribution in [3.8, 4) is 0 Å². The first kappa shape index (κ1) is 7.80. The monoisotopic (exact) mass is 140 g/mol. The van der Waals surface area contributed by atoms with Gasteiger partial charge in [-0.25, -0.2) is 0 Å². The Morgan fingerprint density at radius 2 is 2.30 bits per heavy atom. The van der Waals surface area contributed by atoms with Crippen LogP contribution >= 0.6 is 0 Å². The molecule has 1 rings (SSSR count). The first-order chi connectivity index (χ1) is 4.71. The Labute approximate surface area is 63.1 Å². The van der Waals surface area contributed by atoms with Gasteiger partial charge >= 0.3 is 0 Å². The van der Waals surface area contributed by atoms with Crippen LogP contribution in [0.2, 0.25) is 0 Å². The summed E-state index contributed by atoms with van der Waals surface area (Å²) in [5.41, 5.74) is 0.278. The fourth-order valence-electron chi connectivity index (χ4n) is 1.45. The summed E-state index contributed by atoms with van der Waals surface area (Å²) in [5, 5.41) is 0. The molecule has 0 spiro atoms. The van der Waals surface area contributed by atoms with Gasteiger partial charge in [0.05, 0.1) is 6.61 Å². The quantitative estimate of drug-likeness (QED) is 0.534. The van der Waals surface area contributed by atoms with Crippen molar-refractivity contribution in [2.24, 2.45) is 11.3 Å². The maximum atomic E-state index is 5.34. The first-order valence-electron chi connectivity index (χ1n) is 3.92. The van der Waals surface area contributed by atoms with Gasteiger partial charge in [0.25, 0.3) is 0 Å². The minimum Gasteiger partial charge on any atom is -0.381 e. The van der Waals surface area contributed by atoms with E-state index in [-0.39, 0.29) is 5.41 Å². The minimum atomic E-state index is 0.278. The smallest absolute Gasteiger partial charge is 0.0560 e. The standard InChI is InChI=1S/C9H16O/c1-4-9(8(2)3)5-6-10-7-9/h4,8H,1,5-7H2,2-3H3. The molecule has 0 amide bonds. The summed E-state index contributed by atoms with van der Waals surface area (Å²) < 4.78 is 5.34. The van der Waals surface area contributed by atoms with Crippen molar-refractivity contribution in [3.63, 3.8) is 0 Å². The second-order valence-corrected chi connectivity index (χ2v) is 3.39. The lowest BCUT2D eigenvalue weighted by Crippen LogP contribution is -2.24. The van der Waals surface area contributed by atoms with Gasteiger partial charge in [-0.15, -0.1) is 6.58 Å². The molecule has 0 bridgehead atoms. The summed E-state index contributed by atoms with van der Waals surface area (Å²) in [4.78, 5) is 0. The summed E-state index contributed by atoms with van der Waals surface area (Å²) in [6.07, 6.45) is 3.21. The third-order valence-electron chi connectivity index (χ3n) is 2.64. The molecule has 1 aliphatic heterocycles. The number of hydrogen-bond acceptors (Lipinski definition) is 1. The molecule has 1 heteroatoms. The van der Waals surface area contributed by atoms with Crippen LogP contribution < -0.4 is 0 Å². The van der Waals surface area contributed by atoms with Gasteiger partial charge in [0, 0.05) is 12.0 Å². The van der Waals surface area contributed by atoms with E-state index in [1.807, 2.05) is 0 Å². The number of rotatable bonds is 2. The molecule has 1 saturated heterocycles. The van der Waals surface area contributed by atoms with E-state index in [1.165, 1.54) is 0 Å². The highest BCUT2D eigenvalue weighted by molar-refractivity contribution is 4.99. The van der Waals surface area contributed by atoms with E-state index >= 15 is 0 Å². The summed E-state index contributed by atoms with van der Waals surface area (Å²) in [7, 11) is 0. The highest BCUT2D eigenvalue weighted by Crippen LogP contribution is 2.37. The first-order valence-corrected chi connectivity index (χ1v) is 3.92. The molecule has 10 heavy (non-hydrogen) atoms. The molecule has 0 aromatic heterocycles. The second kappa shape index (κ2) is 2.75. The van der Waals surface area contributed by atoms with Crippen LogP contribution in [-0.4, -0.2) is 13.2 Å². The molecule has 1 atom stereocenters. The Morgan fingerprint density at radius 1 is 1.60 bits per heavy atom. The molecular weight excluding hydrogens is 124 g/mol. The maximum Gasteiger partial charge on any atom is 0.0560 e. The molecule has 0 aromatic carbocycles. The molecule has 58 valence electrons. The highest BCUT2D eigenvalue weighted by atomic mass is 16.5. The van der Waals surface area contributed by atoms with Crippen molar-refractivity contribution in [2.75, 3.05) is 13.2 Å². The third kappa shape index (κ3) is 1.10. The number of hydrogen-bond donors (Lipinski definition) is 0. The molecule has 1 heterocycles. The van der Waals surface area contributed by atoms with Crippen molar-refractivity contribution in [1.29, 1.82) is 0 Å². The second-order valence-electron chi connectivity index (χ2n) is 3.39. The lowest BCUT2D eigenvalue weighted by Gasteiger charge is -2.27. The highest BCUT2D eigenvalue weighted by Gasteiger charge is 2.34. The molecule has 0 saturated carbocycles. The molecule has 1 aliphatic rings. The van der Waals surface area contributed by atoms with Crippen LogP contribution in [0.3, 0.4) is 0 Å². The van der Waals surface area contributed by atoms with E-state index in [1.54, 1.807) is 0 Å². The minimum absolute atomic E-state index is 0.278. The van der Waals surface area contributed by atoms with E-state index in [2.05, 4.69) is 26.5 Å². The Balaban J connectivity index is 2.67. The van der Waals surface area contributed by atoms with Gasteiger partial charge in [0.15, 0.2) is 0 Å². The van der Waals surface area contributed by atoms with Crippen LogP contribution in [-0.2, 0) is 4.74 Å². The van der Waals surface area contributed by atoms with Crippen molar-refractivity contribution in [1.82, 2.24) is 0 Å². The van der Waals surface area contributed by atoms with Gasteiger partial charge in [0.2, 0.25) is 0 Å². The van der Waals surface area contributed by atoms with Gasteiger partial charge in [-0.05, 0) is 12.3 Å². The third-order valence-corrected chi connectivity index (χ3v) is 2.64. The Kier molecular flexibility index (Phi) is 2.14. The van der Waals surface area contributed by atoms with E-state index < -0.39 is 0 Å². The normalized spacial score (nSPS) is 33.1. The van der Waals surface area contributed by atoms with Crippen molar-refractivity contribution in [3.05, 3.63) is 12.7 Å². The van der Waals surface area contributed by atoms with Gasteiger partial charge in [-0.3, -0.25) is 0 Å². The molecule has 0 aromatic rings. The molecular formula is C9H16O. The van der Waals surface area contributed by atoms with Gasteiger partial charge in [-0.2, -0.15) is 0 Å². The summed E-state index contributed by atoms with van der Waals surface area (Å²) in [6, 6.07) is 0. The van der Waals surface area contributed by atoms with Crippen molar-refractivity contribution < 1.29 is 4.74 Å². The molecule has 1 unspecified atom stereocenters. The largest absolute Gasteiger partial charge is 0.381 e. The predicted molar refractivity (Wildman–Crippen MR) is 42.9 cm³/mol. The van der Waals surface area contributed by atoms with Crippen LogP contribution in [0.1, 0.15) is 20.3 Å². The average molecular weight is 140 g/mol. The summed E-state index contributed by atoms with van der Waals surface area (Å²) in [5.74, 6) is 0.660. The fourth-order valence-corrected chi connectivity index (χ4v) is 1.45. The lowest BCUT2D eigenvalue weighted by atomic mass is 9.77. The fraction of sp³-hybridized carbons (Fsp3) is 0.778. The molecule has 0 radical (unpaired) electrons. The lowest BCUT2D eigenvalue weighted by molar-refractivity contribution is 0.150. The van der Waals surface area contributed by atoms with Crippen LogP contribution in [0.15, 0.2) is 12.7 Å². The zero-order valence-electron chi connectivity index (χ0n) is 6.89. The van der Waals surface area contributed by atoms with Crippen LogP contribution in [0.5, 0.6) is 0 Å². The summed E-state index contributed by atoms with van der Waals surface area (Å²) in [6.45, 7) is 10.1. The van der Waals surface area contributed by atoms with Gasteiger partial charge in [-0.1, -0.05) is 19.9 Å². The van der Waals surface area contributed by atoms with Crippen LogP contribution in [0.4, 0.5) is 0 Å². The Morgan fingerprint density at radius 3 is 2.50 bits per heavy atom. The van der Waals surface area contributed by atoms with Crippen molar-refractivity contribution >= 4 is 0 Å². The van der Waals surface area contributed by atoms with Gasteiger partial charge < -0.3 is 4.74 Å². The number of ether oxygens (including phenoxy) is 1.